The second kappa shape index (κ2) is 7.04. The van der Waals surface area contributed by atoms with Crippen molar-refractivity contribution in [3.05, 3.63) is 34.9 Å². The molecule has 1 N–H and O–H groups in total. The molecule has 0 aliphatic carbocycles. The Morgan fingerprint density at radius 3 is 2.58 bits per heavy atom. The summed E-state index contributed by atoms with van der Waals surface area (Å²) in [4.78, 5) is 2.49. The fraction of sp³-hybridized carbons (Fsp3) is 0.625. The van der Waals surface area contributed by atoms with Crippen molar-refractivity contribution in [2.75, 3.05) is 39.4 Å². The van der Waals surface area contributed by atoms with Crippen molar-refractivity contribution in [3.63, 3.8) is 0 Å². The highest BCUT2D eigenvalue weighted by molar-refractivity contribution is 5.31. The van der Waals surface area contributed by atoms with Crippen molar-refractivity contribution in [1.29, 1.82) is 0 Å². The number of rotatable bonds is 5. The van der Waals surface area contributed by atoms with Crippen LogP contribution in [0.1, 0.15) is 29.7 Å². The Hall–Kier alpha value is -0.900. The average Bonchev–Trinajstić information content (AvgIpc) is 2.43. The fourth-order valence-electron chi connectivity index (χ4n) is 2.56. The van der Waals surface area contributed by atoms with Gasteiger partial charge in [0.15, 0.2) is 0 Å². The number of morpholine rings is 1. The van der Waals surface area contributed by atoms with E-state index in [-0.39, 0.29) is 0 Å². The maximum Gasteiger partial charge on any atom is 0.0594 e. The topological polar surface area (TPSA) is 24.5 Å². The van der Waals surface area contributed by atoms with Crippen molar-refractivity contribution in [1.82, 2.24) is 10.2 Å². The first-order valence-electron chi connectivity index (χ1n) is 7.31. The van der Waals surface area contributed by atoms with E-state index in [1.54, 1.807) is 0 Å². The van der Waals surface area contributed by atoms with Crippen LogP contribution >= 0.6 is 0 Å². The predicted octanol–water partition coefficient (Wildman–Crippen LogP) is 2.29. The largest absolute Gasteiger partial charge is 0.379 e. The van der Waals surface area contributed by atoms with E-state index in [1.807, 2.05) is 0 Å². The van der Waals surface area contributed by atoms with Crippen LogP contribution in [0.25, 0.3) is 0 Å². The minimum atomic E-state index is 0.419. The second-order valence-electron chi connectivity index (χ2n) is 5.37. The van der Waals surface area contributed by atoms with Gasteiger partial charge in [0.25, 0.3) is 0 Å². The molecule has 0 bridgehead atoms. The molecule has 1 aliphatic rings. The molecule has 1 aliphatic heterocycles. The van der Waals surface area contributed by atoms with Crippen LogP contribution in [0.15, 0.2) is 18.2 Å². The van der Waals surface area contributed by atoms with Gasteiger partial charge in [-0.15, -0.1) is 0 Å². The van der Waals surface area contributed by atoms with Crippen molar-refractivity contribution in [2.45, 2.75) is 26.8 Å². The van der Waals surface area contributed by atoms with Crippen LogP contribution in [-0.4, -0.2) is 44.3 Å². The van der Waals surface area contributed by atoms with Gasteiger partial charge in [0.1, 0.15) is 0 Å². The van der Waals surface area contributed by atoms with E-state index in [1.165, 1.54) is 16.7 Å². The van der Waals surface area contributed by atoms with Crippen LogP contribution in [0.3, 0.4) is 0 Å². The number of nitrogens with zero attached hydrogens (tertiary/aromatic N) is 1. The van der Waals surface area contributed by atoms with Gasteiger partial charge in [0.2, 0.25) is 0 Å². The van der Waals surface area contributed by atoms with Crippen LogP contribution in [0.4, 0.5) is 0 Å². The number of aryl methyl sites for hydroxylation is 2. The number of benzene rings is 1. The normalized spacial score (nSPS) is 18.5. The molecule has 0 spiro atoms. The lowest BCUT2D eigenvalue weighted by Gasteiger charge is -2.31. The highest BCUT2D eigenvalue weighted by Crippen LogP contribution is 2.18. The molecule has 1 aromatic carbocycles. The number of ether oxygens (including phenoxy) is 1. The second-order valence-corrected chi connectivity index (χ2v) is 5.37. The Kier molecular flexibility index (Phi) is 5.37. The first-order valence-corrected chi connectivity index (χ1v) is 7.31. The van der Waals surface area contributed by atoms with Crippen LogP contribution in [0, 0.1) is 13.8 Å². The van der Waals surface area contributed by atoms with E-state index in [0.717, 1.165) is 39.4 Å². The van der Waals surface area contributed by atoms with Crippen LogP contribution in [0.2, 0.25) is 0 Å². The molecule has 2 rings (SSSR count). The Balaban J connectivity index is 2.07. The summed E-state index contributed by atoms with van der Waals surface area (Å²) < 4.78 is 5.42. The van der Waals surface area contributed by atoms with Gasteiger partial charge in [-0.25, -0.2) is 0 Å². The Labute approximate surface area is 116 Å². The first kappa shape index (κ1) is 14.5. The zero-order valence-electron chi connectivity index (χ0n) is 12.4. The third-order valence-corrected chi connectivity index (χ3v) is 3.93. The molecule has 19 heavy (non-hydrogen) atoms. The zero-order valence-corrected chi connectivity index (χ0v) is 12.4. The van der Waals surface area contributed by atoms with E-state index in [2.05, 4.69) is 49.2 Å². The van der Waals surface area contributed by atoms with Gasteiger partial charge in [-0.2, -0.15) is 0 Å². The van der Waals surface area contributed by atoms with Gasteiger partial charge < -0.3 is 10.1 Å². The Morgan fingerprint density at radius 1 is 1.21 bits per heavy atom. The van der Waals surface area contributed by atoms with Crippen molar-refractivity contribution in [2.24, 2.45) is 0 Å². The lowest BCUT2D eigenvalue weighted by molar-refractivity contribution is 0.0335. The molecule has 1 heterocycles. The first-order chi connectivity index (χ1) is 9.20. The smallest absolute Gasteiger partial charge is 0.0594 e. The highest BCUT2D eigenvalue weighted by Gasteiger charge is 2.17. The molecular weight excluding hydrogens is 236 g/mol. The summed E-state index contributed by atoms with van der Waals surface area (Å²) in [5.41, 5.74) is 4.14. The van der Waals surface area contributed by atoms with Crippen LogP contribution < -0.4 is 5.32 Å². The summed E-state index contributed by atoms with van der Waals surface area (Å²) in [6.45, 7) is 12.4. The summed E-state index contributed by atoms with van der Waals surface area (Å²) in [6, 6.07) is 7.23. The molecule has 1 saturated heterocycles. The van der Waals surface area contributed by atoms with E-state index < -0.39 is 0 Å². The molecule has 0 radical (unpaired) electrons. The van der Waals surface area contributed by atoms with E-state index in [0.29, 0.717) is 6.04 Å². The molecule has 3 nitrogen and oxygen atoms in total. The SMILES string of the molecule is CCNC(CN1CCOCC1)c1ccc(C)c(C)c1. The summed E-state index contributed by atoms with van der Waals surface area (Å²) in [6.07, 6.45) is 0. The summed E-state index contributed by atoms with van der Waals surface area (Å²) in [7, 11) is 0. The van der Waals surface area contributed by atoms with Gasteiger partial charge in [-0.3, -0.25) is 4.90 Å². The van der Waals surface area contributed by atoms with Crippen LogP contribution in [0.5, 0.6) is 0 Å². The molecule has 106 valence electrons. The zero-order chi connectivity index (χ0) is 13.7. The van der Waals surface area contributed by atoms with E-state index >= 15 is 0 Å². The van der Waals surface area contributed by atoms with Gasteiger partial charge in [0.05, 0.1) is 13.2 Å². The molecule has 1 aromatic rings. The van der Waals surface area contributed by atoms with Gasteiger partial charge in [-0.1, -0.05) is 25.1 Å². The number of likely N-dealkylation sites (N-methyl/N-ethyl adjacent to an activating group) is 1. The van der Waals surface area contributed by atoms with Crippen molar-refractivity contribution >= 4 is 0 Å². The van der Waals surface area contributed by atoms with Crippen molar-refractivity contribution < 1.29 is 4.74 Å². The third kappa shape index (κ3) is 4.03. The molecule has 0 amide bonds. The van der Waals surface area contributed by atoms with Crippen molar-refractivity contribution in [3.8, 4) is 0 Å². The maximum absolute atomic E-state index is 5.42. The van der Waals surface area contributed by atoms with E-state index in [4.69, 9.17) is 4.74 Å². The predicted molar refractivity (Wildman–Crippen MR) is 79.6 cm³/mol. The average molecular weight is 262 g/mol. The molecule has 1 atom stereocenters. The molecule has 0 aromatic heterocycles. The maximum atomic E-state index is 5.42. The fourth-order valence-corrected chi connectivity index (χ4v) is 2.56. The molecule has 3 heteroatoms. The Bertz CT molecular complexity index is 400. The van der Waals surface area contributed by atoms with E-state index in [9.17, 15) is 0 Å². The monoisotopic (exact) mass is 262 g/mol. The quantitative estimate of drug-likeness (QED) is 0.881. The lowest BCUT2D eigenvalue weighted by atomic mass is 10.0. The highest BCUT2D eigenvalue weighted by atomic mass is 16.5. The Morgan fingerprint density at radius 2 is 1.95 bits per heavy atom. The minimum Gasteiger partial charge on any atom is -0.379 e. The van der Waals surface area contributed by atoms with Gasteiger partial charge in [-0.05, 0) is 37.1 Å². The van der Waals surface area contributed by atoms with Crippen LogP contribution in [-0.2, 0) is 4.74 Å². The lowest BCUT2D eigenvalue weighted by Crippen LogP contribution is -2.41. The molecule has 1 unspecified atom stereocenters. The van der Waals surface area contributed by atoms with Gasteiger partial charge >= 0.3 is 0 Å². The molecule has 0 saturated carbocycles. The number of hydrogen-bond acceptors (Lipinski definition) is 3. The van der Waals surface area contributed by atoms with Gasteiger partial charge in [0, 0.05) is 25.7 Å². The summed E-state index contributed by atoms with van der Waals surface area (Å²) in [5.74, 6) is 0. The molecular formula is C16H26N2O. The molecule has 1 fully saturated rings. The number of nitrogens with one attached hydrogen (secondary N) is 1. The standard InChI is InChI=1S/C16H26N2O/c1-4-17-16(12-18-7-9-19-10-8-18)15-6-5-13(2)14(3)11-15/h5-6,11,16-17H,4,7-10,12H2,1-3H3. The number of hydrogen-bond donors (Lipinski definition) is 1. The summed E-state index contributed by atoms with van der Waals surface area (Å²) >= 11 is 0. The minimum absolute atomic E-state index is 0.419. The third-order valence-electron chi connectivity index (χ3n) is 3.93. The summed E-state index contributed by atoms with van der Waals surface area (Å²) in [5, 5.41) is 3.61.